The van der Waals surface area contributed by atoms with Crippen molar-refractivity contribution in [2.75, 3.05) is 13.2 Å². The second kappa shape index (κ2) is 7.93. The van der Waals surface area contributed by atoms with Crippen LogP contribution in [0.25, 0.3) is 5.69 Å². The molecule has 1 amide bonds. The summed E-state index contributed by atoms with van der Waals surface area (Å²) in [5.41, 5.74) is 1.07. The smallest absolute Gasteiger partial charge is 0.402 e. The molecule has 0 fully saturated rings. The number of fused-ring (bicyclic) bond motifs is 2. The molecule has 11 heteroatoms. The minimum absolute atomic E-state index is 0.00792. The Labute approximate surface area is 192 Å². The van der Waals surface area contributed by atoms with E-state index in [1.807, 2.05) is 6.92 Å². The molecule has 0 bridgehead atoms. The SMILES string of the molecule is Cc1cn(-c2ccc3n(c2=O)CCN([C@@H](C)COc2ccc(F)c4c2CC(F)(F)O4)C3=O)cn1. The average molecular weight is 474 g/mol. The molecule has 178 valence electrons. The van der Waals surface area contributed by atoms with Crippen LogP contribution in [0, 0.1) is 12.7 Å². The molecular weight excluding hydrogens is 453 g/mol. The summed E-state index contributed by atoms with van der Waals surface area (Å²) in [4.78, 5) is 31.8. The number of benzene rings is 1. The lowest BCUT2D eigenvalue weighted by Gasteiger charge is -2.34. The number of carbonyl (C=O) groups is 1. The first kappa shape index (κ1) is 22.1. The number of amides is 1. The first-order valence-corrected chi connectivity index (χ1v) is 10.7. The number of alkyl halides is 2. The molecule has 0 spiro atoms. The fraction of sp³-hybridized carbons (Fsp3) is 0.348. The van der Waals surface area contributed by atoms with E-state index < -0.39 is 30.1 Å². The van der Waals surface area contributed by atoms with Crippen molar-refractivity contribution < 1.29 is 27.4 Å². The van der Waals surface area contributed by atoms with Gasteiger partial charge in [0.1, 0.15) is 23.7 Å². The summed E-state index contributed by atoms with van der Waals surface area (Å²) in [5, 5.41) is 0. The van der Waals surface area contributed by atoms with Crippen molar-refractivity contribution in [3.05, 3.63) is 69.9 Å². The predicted octanol–water partition coefficient (Wildman–Crippen LogP) is 2.93. The monoisotopic (exact) mass is 474 g/mol. The zero-order valence-electron chi connectivity index (χ0n) is 18.4. The third-order valence-corrected chi connectivity index (χ3v) is 6.00. The highest BCUT2D eigenvalue weighted by Crippen LogP contribution is 2.43. The van der Waals surface area contributed by atoms with Gasteiger partial charge in [-0.2, -0.15) is 8.78 Å². The summed E-state index contributed by atoms with van der Waals surface area (Å²) in [6.45, 7) is 4.12. The number of rotatable bonds is 5. The topological polar surface area (TPSA) is 78.6 Å². The minimum atomic E-state index is -3.50. The molecule has 0 aliphatic carbocycles. The van der Waals surface area contributed by atoms with Crippen molar-refractivity contribution in [3.8, 4) is 17.2 Å². The molecule has 1 aromatic carbocycles. The molecule has 2 aromatic heterocycles. The van der Waals surface area contributed by atoms with E-state index in [0.717, 1.165) is 11.8 Å². The van der Waals surface area contributed by atoms with Gasteiger partial charge in [0, 0.05) is 24.8 Å². The molecule has 0 radical (unpaired) electrons. The number of aryl methyl sites for hydroxylation is 1. The standard InChI is InChI=1S/C23H21F3N4O4/c1-13-10-28(12-27-13)17-4-5-18-22(32)29(7-8-30(18)21(17)31)14(2)11-33-19-6-3-16(24)20-15(19)9-23(25,26)34-20/h3-6,10,12,14H,7-9,11H2,1-2H3/t14-/m0/s1. The average Bonchev–Trinajstić information content (AvgIpc) is 3.36. The van der Waals surface area contributed by atoms with E-state index in [9.17, 15) is 22.8 Å². The maximum absolute atomic E-state index is 13.9. The van der Waals surface area contributed by atoms with E-state index in [2.05, 4.69) is 9.72 Å². The minimum Gasteiger partial charge on any atom is -0.491 e. The lowest BCUT2D eigenvalue weighted by molar-refractivity contribution is -0.160. The van der Waals surface area contributed by atoms with Crippen LogP contribution < -0.4 is 15.0 Å². The van der Waals surface area contributed by atoms with E-state index in [1.54, 1.807) is 41.0 Å². The van der Waals surface area contributed by atoms with Crippen LogP contribution in [-0.2, 0) is 13.0 Å². The number of imidazole rings is 1. The van der Waals surface area contributed by atoms with Crippen LogP contribution in [0.3, 0.4) is 0 Å². The van der Waals surface area contributed by atoms with Gasteiger partial charge in [-0.25, -0.2) is 9.37 Å². The van der Waals surface area contributed by atoms with Crippen LogP contribution in [0.5, 0.6) is 11.5 Å². The quantitative estimate of drug-likeness (QED) is 0.568. The van der Waals surface area contributed by atoms with Crippen molar-refractivity contribution in [1.82, 2.24) is 19.0 Å². The van der Waals surface area contributed by atoms with Crippen LogP contribution >= 0.6 is 0 Å². The molecule has 3 aromatic rings. The predicted molar refractivity (Wildman–Crippen MR) is 114 cm³/mol. The zero-order chi connectivity index (χ0) is 24.2. The van der Waals surface area contributed by atoms with Gasteiger partial charge in [-0.1, -0.05) is 0 Å². The second-order valence-corrected chi connectivity index (χ2v) is 8.41. The fourth-order valence-corrected chi connectivity index (χ4v) is 4.29. The van der Waals surface area contributed by atoms with Crippen LogP contribution in [-0.4, -0.2) is 50.2 Å². The highest BCUT2D eigenvalue weighted by atomic mass is 19.3. The van der Waals surface area contributed by atoms with Gasteiger partial charge in [0.2, 0.25) is 0 Å². The van der Waals surface area contributed by atoms with Gasteiger partial charge in [0.05, 0.1) is 24.5 Å². The Balaban J connectivity index is 1.33. The lowest BCUT2D eigenvalue weighted by Crippen LogP contribution is -2.50. The number of hydrogen-bond acceptors (Lipinski definition) is 5. The lowest BCUT2D eigenvalue weighted by atomic mass is 10.1. The van der Waals surface area contributed by atoms with Gasteiger partial charge in [0.25, 0.3) is 11.5 Å². The van der Waals surface area contributed by atoms with Crippen molar-refractivity contribution in [2.45, 2.75) is 39.0 Å². The van der Waals surface area contributed by atoms with Gasteiger partial charge in [0.15, 0.2) is 11.6 Å². The normalized spacial score (nSPS) is 17.2. The van der Waals surface area contributed by atoms with E-state index in [1.165, 1.54) is 10.6 Å². The van der Waals surface area contributed by atoms with Crippen LogP contribution in [0.15, 0.2) is 41.6 Å². The number of nitrogens with zero attached hydrogens (tertiary/aromatic N) is 4. The Morgan fingerprint density at radius 1 is 1.21 bits per heavy atom. The van der Waals surface area contributed by atoms with Crippen LogP contribution in [0.2, 0.25) is 0 Å². The number of aromatic nitrogens is 3. The maximum Gasteiger partial charge on any atom is 0.402 e. The summed E-state index contributed by atoms with van der Waals surface area (Å²) in [6.07, 6.45) is -1.01. The van der Waals surface area contributed by atoms with Gasteiger partial charge in [-0.15, -0.1) is 0 Å². The molecule has 2 aliphatic heterocycles. The van der Waals surface area contributed by atoms with Crippen molar-refractivity contribution in [1.29, 1.82) is 0 Å². The first-order chi connectivity index (χ1) is 16.1. The van der Waals surface area contributed by atoms with E-state index in [-0.39, 0.29) is 48.2 Å². The Morgan fingerprint density at radius 2 is 2.00 bits per heavy atom. The summed E-state index contributed by atoms with van der Waals surface area (Å²) in [5.74, 6) is -1.65. The molecule has 0 saturated carbocycles. The molecular formula is C23H21F3N4O4. The van der Waals surface area contributed by atoms with Crippen molar-refractivity contribution in [2.24, 2.45) is 0 Å². The Kier molecular flexibility index (Phi) is 5.14. The zero-order valence-corrected chi connectivity index (χ0v) is 18.4. The third-order valence-electron chi connectivity index (χ3n) is 6.00. The highest BCUT2D eigenvalue weighted by Gasteiger charge is 2.43. The van der Waals surface area contributed by atoms with Gasteiger partial charge >= 0.3 is 6.11 Å². The molecule has 0 saturated heterocycles. The van der Waals surface area contributed by atoms with Gasteiger partial charge in [-0.3, -0.25) is 9.59 Å². The van der Waals surface area contributed by atoms with Crippen LogP contribution in [0.4, 0.5) is 13.2 Å². The molecule has 4 heterocycles. The summed E-state index contributed by atoms with van der Waals surface area (Å²) < 4.78 is 54.3. The summed E-state index contributed by atoms with van der Waals surface area (Å²) in [6, 6.07) is 5.03. The molecule has 0 unspecified atom stereocenters. The highest BCUT2D eigenvalue weighted by molar-refractivity contribution is 5.93. The molecule has 5 rings (SSSR count). The van der Waals surface area contributed by atoms with E-state index >= 15 is 0 Å². The first-order valence-electron chi connectivity index (χ1n) is 10.7. The Hall–Kier alpha value is -3.76. The maximum atomic E-state index is 13.9. The molecule has 2 aliphatic rings. The van der Waals surface area contributed by atoms with E-state index in [0.29, 0.717) is 5.69 Å². The second-order valence-electron chi connectivity index (χ2n) is 8.41. The number of halogens is 3. The van der Waals surface area contributed by atoms with Gasteiger partial charge in [-0.05, 0) is 38.1 Å². The summed E-state index contributed by atoms with van der Waals surface area (Å²) >= 11 is 0. The molecule has 8 nitrogen and oxygen atoms in total. The largest absolute Gasteiger partial charge is 0.491 e. The number of pyridine rings is 1. The Morgan fingerprint density at radius 3 is 2.74 bits per heavy atom. The number of ether oxygens (including phenoxy) is 2. The van der Waals surface area contributed by atoms with Crippen molar-refractivity contribution >= 4 is 5.91 Å². The number of carbonyl (C=O) groups excluding carboxylic acids is 1. The van der Waals surface area contributed by atoms with Gasteiger partial charge < -0.3 is 23.5 Å². The van der Waals surface area contributed by atoms with E-state index in [4.69, 9.17) is 4.74 Å². The van der Waals surface area contributed by atoms with Crippen molar-refractivity contribution in [3.63, 3.8) is 0 Å². The fourth-order valence-electron chi connectivity index (χ4n) is 4.29. The number of hydrogen-bond donors (Lipinski definition) is 0. The summed E-state index contributed by atoms with van der Waals surface area (Å²) in [7, 11) is 0. The van der Waals surface area contributed by atoms with Crippen LogP contribution in [0.1, 0.15) is 28.7 Å². The molecule has 1 atom stereocenters. The molecule has 34 heavy (non-hydrogen) atoms. The molecule has 0 N–H and O–H groups in total. The Bertz CT molecular complexity index is 1350. The third kappa shape index (κ3) is 3.70.